The molecule has 0 saturated heterocycles. The largest absolute Gasteiger partial charge is 0.497 e. The molecule has 7 nitrogen and oxygen atoms in total. The zero-order chi connectivity index (χ0) is 25.5. The van der Waals surface area contributed by atoms with Crippen LogP contribution >= 0.6 is 0 Å². The summed E-state index contributed by atoms with van der Waals surface area (Å²) in [4.78, 5) is 8.02. The lowest BCUT2D eigenvalue weighted by molar-refractivity contribution is 0.284. The highest BCUT2D eigenvalue weighted by Gasteiger charge is 2.11. The van der Waals surface area contributed by atoms with E-state index >= 15 is 0 Å². The molecular weight excluding hydrogens is 461 g/mol. The molecule has 2 aromatic carbocycles. The van der Waals surface area contributed by atoms with Gasteiger partial charge in [-0.1, -0.05) is 18.2 Å². The van der Waals surface area contributed by atoms with Gasteiger partial charge in [0.25, 0.3) is 0 Å². The number of anilines is 1. The van der Waals surface area contributed by atoms with Crippen LogP contribution in [0.15, 0.2) is 73.1 Å². The minimum atomic E-state index is -0.567. The Balaban J connectivity index is 1.58. The van der Waals surface area contributed by atoms with Crippen molar-refractivity contribution in [2.45, 2.75) is 6.61 Å². The highest BCUT2D eigenvalue weighted by atomic mass is 19.1. The fourth-order valence-electron chi connectivity index (χ4n) is 3.54. The number of pyridine rings is 2. The summed E-state index contributed by atoms with van der Waals surface area (Å²) >= 11 is 0. The zero-order valence-electron chi connectivity index (χ0n) is 20.2. The molecule has 0 fully saturated rings. The number of nitrogens with two attached hydrogens (primary N) is 1. The van der Waals surface area contributed by atoms with Crippen LogP contribution < -0.4 is 19.9 Å². The molecule has 0 saturated carbocycles. The number of nitrogen functional groups attached to an aromatic ring is 1. The van der Waals surface area contributed by atoms with E-state index < -0.39 is 5.95 Å². The Morgan fingerprint density at radius 1 is 0.861 bits per heavy atom. The fraction of sp³-hybridized carbons (Fsp3) is 0.143. The van der Waals surface area contributed by atoms with Gasteiger partial charge < -0.3 is 24.7 Å². The molecule has 0 spiro atoms. The summed E-state index contributed by atoms with van der Waals surface area (Å²) < 4.78 is 35.4. The Bertz CT molecular complexity index is 1360. The summed E-state index contributed by atoms with van der Waals surface area (Å²) in [5.74, 6) is 2.24. The molecule has 36 heavy (non-hydrogen) atoms. The van der Waals surface area contributed by atoms with Crippen molar-refractivity contribution in [2.24, 2.45) is 0 Å². The second-order valence-corrected chi connectivity index (χ2v) is 7.78. The lowest BCUT2D eigenvalue weighted by atomic mass is 10.0. The van der Waals surface area contributed by atoms with Crippen LogP contribution in [0.5, 0.6) is 17.2 Å². The number of methoxy groups -OCH3 is 3. The van der Waals surface area contributed by atoms with Gasteiger partial charge in [0, 0.05) is 29.1 Å². The van der Waals surface area contributed by atoms with Crippen LogP contribution in [0.4, 0.5) is 10.2 Å². The summed E-state index contributed by atoms with van der Waals surface area (Å²) in [6, 6.07) is 18.1. The Kier molecular flexibility index (Phi) is 7.65. The molecule has 0 atom stereocenters. The number of benzene rings is 2. The van der Waals surface area contributed by atoms with E-state index in [2.05, 4.69) is 9.97 Å². The standard InChI is InChI=1S/C28H26FN3O4/c1-33-23-8-4-18(5-9-23)17-36-24-10-6-19(13-26(24)35-3)22-12-21(28(30)32-16-22)14-25(34-2)20-7-11-27(29)31-15-20/h4-16H,17H2,1-3H3,(H2,30,32). The number of halogens is 1. The summed E-state index contributed by atoms with van der Waals surface area (Å²) in [5.41, 5.74) is 10.1. The van der Waals surface area contributed by atoms with Crippen LogP contribution in [0.25, 0.3) is 23.0 Å². The summed E-state index contributed by atoms with van der Waals surface area (Å²) in [6.07, 6.45) is 4.82. The van der Waals surface area contributed by atoms with Crippen molar-refractivity contribution < 1.29 is 23.3 Å². The third kappa shape index (κ3) is 5.72. The molecule has 184 valence electrons. The van der Waals surface area contributed by atoms with E-state index in [0.717, 1.165) is 22.4 Å². The molecule has 2 heterocycles. The SMILES string of the molecule is COC(=Cc1cc(-c2ccc(OCc3ccc(OC)cc3)c(OC)c2)cnc1N)c1ccc(F)nc1. The van der Waals surface area contributed by atoms with Crippen LogP contribution in [-0.4, -0.2) is 31.3 Å². The minimum absolute atomic E-state index is 0.329. The van der Waals surface area contributed by atoms with Gasteiger partial charge in [0.2, 0.25) is 5.95 Å². The van der Waals surface area contributed by atoms with E-state index in [1.807, 2.05) is 48.5 Å². The first-order valence-electron chi connectivity index (χ1n) is 11.1. The van der Waals surface area contributed by atoms with Gasteiger partial charge in [-0.05, 0) is 59.7 Å². The predicted molar refractivity (Wildman–Crippen MR) is 137 cm³/mol. The van der Waals surface area contributed by atoms with E-state index in [9.17, 15) is 4.39 Å². The molecule has 0 aliphatic heterocycles. The Morgan fingerprint density at radius 3 is 2.33 bits per heavy atom. The second kappa shape index (κ2) is 11.2. The monoisotopic (exact) mass is 487 g/mol. The maximum absolute atomic E-state index is 13.2. The number of aromatic nitrogens is 2. The molecule has 4 rings (SSSR count). The zero-order valence-corrected chi connectivity index (χ0v) is 20.2. The summed E-state index contributed by atoms with van der Waals surface area (Å²) in [6.45, 7) is 0.385. The third-order valence-corrected chi connectivity index (χ3v) is 5.52. The van der Waals surface area contributed by atoms with Gasteiger partial charge in [-0.15, -0.1) is 0 Å². The minimum Gasteiger partial charge on any atom is -0.497 e. The second-order valence-electron chi connectivity index (χ2n) is 7.78. The van der Waals surface area contributed by atoms with Crippen molar-refractivity contribution in [2.75, 3.05) is 27.1 Å². The predicted octanol–water partition coefficient (Wildman–Crippen LogP) is 5.61. The van der Waals surface area contributed by atoms with Gasteiger partial charge in [0.1, 0.15) is 23.9 Å². The van der Waals surface area contributed by atoms with Crippen LogP contribution in [0.1, 0.15) is 16.7 Å². The molecule has 8 heteroatoms. The fourth-order valence-corrected chi connectivity index (χ4v) is 3.54. The smallest absolute Gasteiger partial charge is 0.212 e. The molecule has 0 aliphatic rings. The third-order valence-electron chi connectivity index (χ3n) is 5.52. The molecular formula is C28H26FN3O4. The first-order chi connectivity index (χ1) is 17.5. The molecule has 0 bridgehead atoms. The number of hydrogen-bond donors (Lipinski definition) is 1. The molecule has 2 N–H and O–H groups in total. The summed E-state index contributed by atoms with van der Waals surface area (Å²) in [5, 5.41) is 0. The van der Waals surface area contributed by atoms with Gasteiger partial charge in [0.05, 0.1) is 21.3 Å². The van der Waals surface area contributed by atoms with Crippen LogP contribution in [-0.2, 0) is 11.3 Å². The highest BCUT2D eigenvalue weighted by Crippen LogP contribution is 2.34. The van der Waals surface area contributed by atoms with Crippen molar-refractivity contribution in [3.05, 3.63) is 95.7 Å². The molecule has 0 unspecified atom stereocenters. The van der Waals surface area contributed by atoms with E-state index in [1.165, 1.54) is 19.4 Å². The van der Waals surface area contributed by atoms with Gasteiger partial charge >= 0.3 is 0 Å². The number of hydrogen-bond acceptors (Lipinski definition) is 7. The molecule has 0 aliphatic carbocycles. The van der Waals surface area contributed by atoms with Crippen molar-refractivity contribution in [1.82, 2.24) is 9.97 Å². The van der Waals surface area contributed by atoms with Crippen molar-refractivity contribution in [3.8, 4) is 28.4 Å². The lowest BCUT2D eigenvalue weighted by Crippen LogP contribution is -1.99. The maximum atomic E-state index is 13.2. The average Bonchev–Trinajstić information content (AvgIpc) is 2.92. The van der Waals surface area contributed by atoms with Gasteiger partial charge in [-0.2, -0.15) is 4.39 Å². The maximum Gasteiger partial charge on any atom is 0.212 e. The molecule has 0 amide bonds. The van der Waals surface area contributed by atoms with E-state index in [1.54, 1.807) is 32.6 Å². The van der Waals surface area contributed by atoms with Crippen LogP contribution in [0, 0.1) is 5.95 Å². The average molecular weight is 488 g/mol. The van der Waals surface area contributed by atoms with Gasteiger partial charge in [-0.25, -0.2) is 9.97 Å². The Morgan fingerprint density at radius 2 is 1.67 bits per heavy atom. The van der Waals surface area contributed by atoms with Gasteiger partial charge in [0.15, 0.2) is 11.5 Å². The molecule has 2 aromatic heterocycles. The number of rotatable bonds is 9. The Hall–Kier alpha value is -4.59. The lowest BCUT2D eigenvalue weighted by Gasteiger charge is -2.13. The first-order valence-corrected chi connectivity index (χ1v) is 11.1. The Labute approximate surface area is 209 Å². The summed E-state index contributed by atoms with van der Waals surface area (Å²) in [7, 11) is 4.75. The quantitative estimate of drug-likeness (QED) is 0.243. The number of nitrogens with zero attached hydrogens (tertiary/aromatic N) is 2. The van der Waals surface area contributed by atoms with E-state index in [-0.39, 0.29) is 0 Å². The van der Waals surface area contributed by atoms with Gasteiger partial charge in [-0.3, -0.25) is 0 Å². The molecule has 0 radical (unpaired) electrons. The number of ether oxygens (including phenoxy) is 4. The van der Waals surface area contributed by atoms with Crippen LogP contribution in [0.2, 0.25) is 0 Å². The molecule has 4 aromatic rings. The first kappa shape index (κ1) is 24.5. The normalized spacial score (nSPS) is 11.2. The highest BCUT2D eigenvalue weighted by molar-refractivity contribution is 5.82. The van der Waals surface area contributed by atoms with E-state index in [4.69, 9.17) is 24.7 Å². The van der Waals surface area contributed by atoms with Crippen molar-refractivity contribution >= 4 is 17.7 Å². The van der Waals surface area contributed by atoms with Crippen molar-refractivity contribution in [3.63, 3.8) is 0 Å². The van der Waals surface area contributed by atoms with Crippen LogP contribution in [0.3, 0.4) is 0 Å². The van der Waals surface area contributed by atoms with Crippen molar-refractivity contribution in [1.29, 1.82) is 0 Å². The topological polar surface area (TPSA) is 88.7 Å². The van der Waals surface area contributed by atoms with E-state index in [0.29, 0.717) is 40.8 Å².